The van der Waals surface area contributed by atoms with Crippen LogP contribution in [0.15, 0.2) is 30.3 Å². The highest BCUT2D eigenvalue weighted by molar-refractivity contribution is 5.85. The predicted molar refractivity (Wildman–Crippen MR) is 54.8 cm³/mol. The van der Waals surface area contributed by atoms with Gasteiger partial charge in [-0.3, -0.25) is 0 Å². The number of nitrogens with two attached hydrogens (primary N) is 1. The molecule has 1 unspecified atom stereocenters. The highest BCUT2D eigenvalue weighted by atomic mass is 35.5. The van der Waals surface area contributed by atoms with E-state index in [1.165, 1.54) is 0 Å². The zero-order valence-corrected chi connectivity index (χ0v) is 8.24. The Morgan fingerprint density at radius 3 is 2.43 bits per heavy atom. The molecule has 1 rings (SSSR count). The van der Waals surface area contributed by atoms with Crippen LogP contribution in [-0.4, -0.2) is 23.7 Å². The fraction of sp³-hybridized carbons (Fsp3) is 0.222. The number of carbonyl (C=O) groups is 1. The third-order valence-electron chi connectivity index (χ3n) is 1.51. The van der Waals surface area contributed by atoms with E-state index in [-0.39, 0.29) is 19.0 Å². The Balaban J connectivity index is 0.00000169. The van der Waals surface area contributed by atoms with Gasteiger partial charge in [-0.2, -0.15) is 0 Å². The zero-order valence-electron chi connectivity index (χ0n) is 7.42. The Hall–Kier alpha value is -1.26. The third-order valence-corrected chi connectivity index (χ3v) is 1.51. The van der Waals surface area contributed by atoms with E-state index in [1.807, 2.05) is 6.07 Å². The zero-order chi connectivity index (χ0) is 9.68. The summed E-state index contributed by atoms with van der Waals surface area (Å²) in [4.78, 5) is 10.5. The number of hydrogen-bond donors (Lipinski definition) is 2. The molecular weight excluding hydrogens is 206 g/mol. The van der Waals surface area contributed by atoms with Crippen molar-refractivity contribution in [1.82, 2.24) is 0 Å². The molecule has 0 heterocycles. The van der Waals surface area contributed by atoms with Crippen LogP contribution in [0.5, 0.6) is 5.75 Å². The minimum Gasteiger partial charge on any atom is -0.478 e. The predicted octanol–water partition coefficient (Wildman–Crippen LogP) is 0.899. The molecule has 78 valence electrons. The summed E-state index contributed by atoms with van der Waals surface area (Å²) in [7, 11) is 0. The highest BCUT2D eigenvalue weighted by Crippen LogP contribution is 2.10. The number of para-hydroxylation sites is 1. The summed E-state index contributed by atoms with van der Waals surface area (Å²) in [6, 6.07) is 8.73. The molecule has 0 bridgehead atoms. The molecule has 0 aliphatic rings. The first-order valence-corrected chi connectivity index (χ1v) is 3.88. The number of halogens is 1. The van der Waals surface area contributed by atoms with Gasteiger partial charge in [-0.1, -0.05) is 18.2 Å². The van der Waals surface area contributed by atoms with Gasteiger partial charge in [-0.25, -0.2) is 4.79 Å². The van der Waals surface area contributed by atoms with Crippen LogP contribution in [0.25, 0.3) is 0 Å². The van der Waals surface area contributed by atoms with E-state index in [0.717, 1.165) is 0 Å². The van der Waals surface area contributed by atoms with Gasteiger partial charge in [0.1, 0.15) is 5.75 Å². The molecule has 0 radical (unpaired) electrons. The van der Waals surface area contributed by atoms with Gasteiger partial charge in [0.25, 0.3) is 0 Å². The number of rotatable bonds is 4. The Morgan fingerprint density at radius 1 is 1.43 bits per heavy atom. The average Bonchev–Trinajstić information content (AvgIpc) is 2.15. The van der Waals surface area contributed by atoms with E-state index in [1.54, 1.807) is 24.3 Å². The second kappa shape index (κ2) is 6.23. The maximum Gasteiger partial charge on any atom is 0.346 e. The van der Waals surface area contributed by atoms with E-state index in [2.05, 4.69) is 0 Å². The summed E-state index contributed by atoms with van der Waals surface area (Å²) in [6.45, 7) is -0.0375. The number of hydrogen-bond acceptors (Lipinski definition) is 3. The molecule has 0 spiro atoms. The van der Waals surface area contributed by atoms with Crippen molar-refractivity contribution in [1.29, 1.82) is 0 Å². The normalized spacial score (nSPS) is 11.2. The quantitative estimate of drug-likeness (QED) is 0.786. The first-order valence-electron chi connectivity index (χ1n) is 3.88. The lowest BCUT2D eigenvalue weighted by atomic mass is 10.3. The van der Waals surface area contributed by atoms with Crippen LogP contribution in [0.3, 0.4) is 0 Å². The van der Waals surface area contributed by atoms with Crippen molar-refractivity contribution in [2.45, 2.75) is 6.10 Å². The fourth-order valence-corrected chi connectivity index (χ4v) is 0.863. The van der Waals surface area contributed by atoms with E-state index in [0.29, 0.717) is 5.75 Å². The van der Waals surface area contributed by atoms with Gasteiger partial charge in [0.2, 0.25) is 6.10 Å². The Morgan fingerprint density at radius 2 is 2.00 bits per heavy atom. The maximum absolute atomic E-state index is 10.5. The van der Waals surface area contributed by atoms with E-state index >= 15 is 0 Å². The van der Waals surface area contributed by atoms with Gasteiger partial charge in [0.15, 0.2) is 0 Å². The smallest absolute Gasteiger partial charge is 0.346 e. The summed E-state index contributed by atoms with van der Waals surface area (Å²) >= 11 is 0. The second-order valence-corrected chi connectivity index (χ2v) is 2.49. The van der Waals surface area contributed by atoms with Crippen molar-refractivity contribution >= 4 is 18.4 Å². The van der Waals surface area contributed by atoms with Crippen molar-refractivity contribution in [3.05, 3.63) is 30.3 Å². The standard InChI is InChI=1S/C9H11NO3.ClH/c10-6-8(9(11)12)13-7-4-2-1-3-5-7;/h1-5,8H,6,10H2,(H,11,12);1H. The number of carboxylic acid groups (broad SMARTS) is 1. The largest absolute Gasteiger partial charge is 0.478 e. The summed E-state index contributed by atoms with van der Waals surface area (Å²) in [5.74, 6) is -0.535. The minimum absolute atomic E-state index is 0. The SMILES string of the molecule is Cl.NCC(Oc1ccccc1)C(=O)O. The first-order chi connectivity index (χ1) is 6.24. The van der Waals surface area contributed by atoms with Crippen molar-refractivity contribution < 1.29 is 14.6 Å². The van der Waals surface area contributed by atoms with Crippen LogP contribution < -0.4 is 10.5 Å². The van der Waals surface area contributed by atoms with Gasteiger partial charge in [-0.05, 0) is 12.1 Å². The summed E-state index contributed by atoms with van der Waals surface area (Å²) in [5.41, 5.74) is 5.22. The van der Waals surface area contributed by atoms with Gasteiger partial charge in [0, 0.05) is 6.54 Å². The summed E-state index contributed by atoms with van der Waals surface area (Å²) in [5, 5.41) is 8.63. The number of ether oxygens (including phenoxy) is 1. The van der Waals surface area contributed by atoms with Gasteiger partial charge < -0.3 is 15.6 Å². The lowest BCUT2D eigenvalue weighted by Crippen LogP contribution is -2.34. The Kier molecular flexibility index (Phi) is 5.67. The lowest BCUT2D eigenvalue weighted by molar-refractivity contribution is -0.144. The molecule has 0 fully saturated rings. The molecule has 1 atom stereocenters. The fourth-order valence-electron chi connectivity index (χ4n) is 0.863. The molecule has 0 amide bonds. The Bertz CT molecular complexity index is 279. The highest BCUT2D eigenvalue weighted by Gasteiger charge is 2.16. The van der Waals surface area contributed by atoms with Gasteiger partial charge >= 0.3 is 5.97 Å². The van der Waals surface area contributed by atoms with Crippen LogP contribution >= 0.6 is 12.4 Å². The molecule has 0 saturated carbocycles. The molecule has 1 aromatic carbocycles. The van der Waals surface area contributed by atoms with E-state index in [9.17, 15) is 4.79 Å². The lowest BCUT2D eigenvalue weighted by Gasteiger charge is -2.12. The molecule has 4 nitrogen and oxygen atoms in total. The van der Waals surface area contributed by atoms with Crippen LogP contribution in [0.2, 0.25) is 0 Å². The molecule has 0 aliphatic heterocycles. The van der Waals surface area contributed by atoms with Crippen LogP contribution in [0, 0.1) is 0 Å². The van der Waals surface area contributed by atoms with E-state index < -0.39 is 12.1 Å². The van der Waals surface area contributed by atoms with E-state index in [4.69, 9.17) is 15.6 Å². The van der Waals surface area contributed by atoms with Crippen LogP contribution in [0.4, 0.5) is 0 Å². The molecule has 3 N–H and O–H groups in total. The monoisotopic (exact) mass is 217 g/mol. The first kappa shape index (κ1) is 12.7. The van der Waals surface area contributed by atoms with Gasteiger partial charge in [-0.15, -0.1) is 12.4 Å². The maximum atomic E-state index is 10.5. The second-order valence-electron chi connectivity index (χ2n) is 2.49. The van der Waals surface area contributed by atoms with Crippen LogP contribution in [0.1, 0.15) is 0 Å². The molecule has 0 saturated heterocycles. The van der Waals surface area contributed by atoms with Crippen molar-refractivity contribution in [2.75, 3.05) is 6.54 Å². The van der Waals surface area contributed by atoms with Gasteiger partial charge in [0.05, 0.1) is 0 Å². The number of benzene rings is 1. The molecule has 0 aromatic heterocycles. The Labute approximate surface area is 88.1 Å². The summed E-state index contributed by atoms with van der Waals surface area (Å²) in [6.07, 6.45) is -0.970. The molecule has 1 aromatic rings. The average molecular weight is 218 g/mol. The van der Waals surface area contributed by atoms with Crippen molar-refractivity contribution in [3.8, 4) is 5.75 Å². The number of aliphatic carboxylic acids is 1. The third kappa shape index (κ3) is 3.64. The topological polar surface area (TPSA) is 72.5 Å². The summed E-state index contributed by atoms with van der Waals surface area (Å²) < 4.78 is 5.10. The molecule has 14 heavy (non-hydrogen) atoms. The number of carboxylic acids is 1. The molecular formula is C9H12ClNO3. The minimum atomic E-state index is -1.05. The van der Waals surface area contributed by atoms with Crippen LogP contribution in [-0.2, 0) is 4.79 Å². The van der Waals surface area contributed by atoms with Crippen molar-refractivity contribution in [2.24, 2.45) is 5.73 Å². The van der Waals surface area contributed by atoms with Crippen molar-refractivity contribution in [3.63, 3.8) is 0 Å². The molecule has 5 heteroatoms. The molecule has 0 aliphatic carbocycles.